The van der Waals surface area contributed by atoms with E-state index in [0.717, 1.165) is 0 Å². The predicted octanol–water partition coefficient (Wildman–Crippen LogP) is -1.80. The Bertz CT molecular complexity index is 517. The Kier molecular flexibility index (Phi) is 12.4. The fourth-order valence-electron chi connectivity index (χ4n) is 2.15. The third-order valence-corrected chi connectivity index (χ3v) is 4.18. The van der Waals surface area contributed by atoms with Gasteiger partial charge in [0.15, 0.2) is 0 Å². The van der Waals surface area contributed by atoms with Crippen LogP contribution in [-0.4, -0.2) is 65.8 Å². The molecule has 3 amide bonds. The zero-order valence-corrected chi connectivity index (χ0v) is 16.6. The number of carboxylic acids is 1. The van der Waals surface area contributed by atoms with Crippen LogP contribution in [0.2, 0.25) is 0 Å². The van der Waals surface area contributed by atoms with Gasteiger partial charge < -0.3 is 32.5 Å². The van der Waals surface area contributed by atoms with Gasteiger partial charge in [0.2, 0.25) is 17.7 Å². The first kappa shape index (κ1) is 25.1. The molecule has 0 aromatic heterocycles. The lowest BCUT2D eigenvalue weighted by Crippen LogP contribution is -2.55. The molecule has 156 valence electrons. The maximum Gasteiger partial charge on any atom is 0.326 e. The van der Waals surface area contributed by atoms with E-state index in [4.69, 9.17) is 16.6 Å². The lowest BCUT2D eigenvalue weighted by Gasteiger charge is -2.23. The van der Waals surface area contributed by atoms with E-state index in [1.165, 1.54) is 0 Å². The van der Waals surface area contributed by atoms with E-state index in [9.17, 15) is 19.2 Å². The molecule has 0 aliphatic heterocycles. The minimum atomic E-state index is -1.15. The molecule has 0 bridgehead atoms. The minimum Gasteiger partial charge on any atom is -0.480 e. The average Bonchev–Trinajstić information content (AvgIpc) is 2.61. The Morgan fingerprint density at radius 2 is 1.70 bits per heavy atom. The van der Waals surface area contributed by atoms with E-state index < -0.39 is 48.4 Å². The van der Waals surface area contributed by atoms with Gasteiger partial charge in [0, 0.05) is 5.75 Å². The number of unbranched alkanes of at least 4 members (excludes halogenated alkanes) is 1. The van der Waals surface area contributed by atoms with E-state index in [1.54, 1.807) is 13.8 Å². The molecule has 11 heteroatoms. The number of amides is 3. The van der Waals surface area contributed by atoms with Crippen LogP contribution in [0.1, 0.15) is 33.1 Å². The highest BCUT2D eigenvalue weighted by Crippen LogP contribution is 2.03. The lowest BCUT2D eigenvalue weighted by atomic mass is 10.0. The van der Waals surface area contributed by atoms with Crippen LogP contribution >= 0.6 is 12.6 Å². The van der Waals surface area contributed by atoms with Crippen LogP contribution < -0.4 is 27.4 Å². The molecule has 0 saturated carbocycles. The minimum absolute atomic E-state index is 0.126. The number of carbonyl (C=O) groups excluding carboxylic acids is 3. The monoisotopic (exact) mass is 405 g/mol. The molecule has 0 fully saturated rings. The van der Waals surface area contributed by atoms with E-state index in [2.05, 4.69) is 28.6 Å². The number of hydrogen-bond donors (Lipinski definition) is 7. The summed E-state index contributed by atoms with van der Waals surface area (Å²) in [7, 11) is 0. The number of thiol groups is 1. The van der Waals surface area contributed by atoms with E-state index in [1.807, 2.05) is 0 Å². The van der Waals surface area contributed by atoms with Crippen LogP contribution in [-0.2, 0) is 19.2 Å². The summed E-state index contributed by atoms with van der Waals surface area (Å²) in [4.78, 5) is 47.2. The van der Waals surface area contributed by atoms with Gasteiger partial charge in [0.1, 0.15) is 12.1 Å². The average molecular weight is 406 g/mol. The van der Waals surface area contributed by atoms with Crippen LogP contribution in [0, 0.1) is 5.92 Å². The Labute approximate surface area is 164 Å². The van der Waals surface area contributed by atoms with E-state index >= 15 is 0 Å². The smallest absolute Gasteiger partial charge is 0.326 e. The standard InChI is InChI=1S/C16H31N5O5S/c1-9(2)13(21-14(23)10(18)8-27)15(24)19-7-12(22)20-11(16(25)26)5-3-4-6-17/h9-11,13,27H,3-8,17-18H2,1-2H3,(H,19,24)(H,20,22)(H,21,23)(H,25,26). The number of rotatable bonds is 13. The highest BCUT2D eigenvalue weighted by Gasteiger charge is 2.27. The number of nitrogens with one attached hydrogen (secondary N) is 3. The third kappa shape index (κ3) is 10.2. The van der Waals surface area contributed by atoms with Crippen LogP contribution in [0.15, 0.2) is 0 Å². The normalized spacial score (nSPS) is 14.1. The molecular weight excluding hydrogens is 374 g/mol. The third-order valence-electron chi connectivity index (χ3n) is 3.78. The highest BCUT2D eigenvalue weighted by molar-refractivity contribution is 7.80. The molecule has 0 aliphatic rings. The van der Waals surface area contributed by atoms with Crippen LogP contribution in [0.25, 0.3) is 0 Å². The van der Waals surface area contributed by atoms with Crippen LogP contribution in [0.5, 0.6) is 0 Å². The first-order valence-corrected chi connectivity index (χ1v) is 9.44. The lowest BCUT2D eigenvalue weighted by molar-refractivity contribution is -0.142. The second-order valence-electron chi connectivity index (χ2n) is 6.48. The van der Waals surface area contributed by atoms with Crippen molar-refractivity contribution in [3.63, 3.8) is 0 Å². The predicted molar refractivity (Wildman–Crippen MR) is 104 cm³/mol. The first-order valence-electron chi connectivity index (χ1n) is 8.80. The quantitative estimate of drug-likeness (QED) is 0.140. The van der Waals surface area contributed by atoms with Crippen molar-refractivity contribution in [2.75, 3.05) is 18.8 Å². The maximum absolute atomic E-state index is 12.3. The summed E-state index contributed by atoms with van der Waals surface area (Å²) in [5, 5.41) is 16.4. The summed E-state index contributed by atoms with van der Waals surface area (Å²) in [6.45, 7) is 3.50. The Hall–Kier alpha value is -1.85. The summed E-state index contributed by atoms with van der Waals surface area (Å²) in [6, 6.07) is -2.78. The molecule has 3 atom stereocenters. The molecule has 0 aliphatic carbocycles. The summed E-state index contributed by atoms with van der Waals surface area (Å²) in [5.74, 6) is -2.98. The van der Waals surface area contributed by atoms with Gasteiger partial charge in [-0.2, -0.15) is 12.6 Å². The van der Waals surface area contributed by atoms with Gasteiger partial charge in [0.25, 0.3) is 0 Å². The van der Waals surface area contributed by atoms with Crippen LogP contribution in [0.3, 0.4) is 0 Å². The van der Waals surface area contributed by atoms with Crippen molar-refractivity contribution >= 4 is 36.3 Å². The van der Waals surface area contributed by atoms with Gasteiger partial charge in [-0.25, -0.2) is 4.79 Å². The zero-order chi connectivity index (χ0) is 21.0. The molecule has 10 nitrogen and oxygen atoms in total. The van der Waals surface area contributed by atoms with Gasteiger partial charge in [0.05, 0.1) is 12.6 Å². The highest BCUT2D eigenvalue weighted by atomic mass is 32.1. The molecule has 0 spiro atoms. The molecule has 0 rings (SSSR count). The van der Waals surface area contributed by atoms with Crippen molar-refractivity contribution in [2.24, 2.45) is 17.4 Å². The largest absolute Gasteiger partial charge is 0.480 e. The molecule has 0 saturated heterocycles. The fourth-order valence-corrected chi connectivity index (χ4v) is 2.32. The summed E-state index contributed by atoms with van der Waals surface area (Å²) in [6.07, 6.45) is 1.46. The van der Waals surface area contributed by atoms with Crippen molar-refractivity contribution < 1.29 is 24.3 Å². The number of aliphatic carboxylic acids is 1. The summed E-state index contributed by atoms with van der Waals surface area (Å²) >= 11 is 3.93. The van der Waals surface area contributed by atoms with Gasteiger partial charge in [-0.05, 0) is 31.7 Å². The van der Waals surface area contributed by atoms with Gasteiger partial charge in [-0.3, -0.25) is 14.4 Å². The molecule has 0 aromatic rings. The van der Waals surface area contributed by atoms with Gasteiger partial charge in [-0.1, -0.05) is 13.8 Å². The summed E-state index contributed by atoms with van der Waals surface area (Å²) in [5.41, 5.74) is 10.9. The van der Waals surface area contributed by atoms with Crippen molar-refractivity contribution in [1.29, 1.82) is 0 Å². The second kappa shape index (κ2) is 13.3. The van der Waals surface area contributed by atoms with Crippen LogP contribution in [0.4, 0.5) is 0 Å². The second-order valence-corrected chi connectivity index (χ2v) is 6.85. The number of nitrogens with two attached hydrogens (primary N) is 2. The first-order chi connectivity index (χ1) is 12.6. The zero-order valence-electron chi connectivity index (χ0n) is 15.7. The van der Waals surface area contributed by atoms with E-state index in [0.29, 0.717) is 19.4 Å². The SMILES string of the molecule is CC(C)C(NC(=O)C(N)CS)C(=O)NCC(=O)NC(CCCCN)C(=O)O. The molecule has 8 N–H and O–H groups in total. The maximum atomic E-state index is 12.3. The topological polar surface area (TPSA) is 177 Å². The van der Waals surface area contributed by atoms with Crippen molar-refractivity contribution in [1.82, 2.24) is 16.0 Å². The molecule has 0 heterocycles. The van der Waals surface area contributed by atoms with Gasteiger partial charge >= 0.3 is 5.97 Å². The summed E-state index contributed by atoms with van der Waals surface area (Å²) < 4.78 is 0. The molecule has 0 radical (unpaired) electrons. The van der Waals surface area contributed by atoms with Gasteiger partial charge in [-0.15, -0.1) is 0 Å². The van der Waals surface area contributed by atoms with E-state index in [-0.39, 0.29) is 18.1 Å². The Morgan fingerprint density at radius 1 is 1.07 bits per heavy atom. The Morgan fingerprint density at radius 3 is 2.19 bits per heavy atom. The number of hydrogen-bond acceptors (Lipinski definition) is 7. The molecule has 0 aromatic carbocycles. The molecule has 3 unspecified atom stereocenters. The van der Waals surface area contributed by atoms with Crippen molar-refractivity contribution in [3.8, 4) is 0 Å². The number of carbonyl (C=O) groups is 4. The molecule has 27 heavy (non-hydrogen) atoms. The number of carboxylic acid groups (broad SMARTS) is 1. The Balaban J connectivity index is 4.62. The molecular formula is C16H31N5O5S. The van der Waals surface area contributed by atoms with Crippen molar-refractivity contribution in [3.05, 3.63) is 0 Å². The fraction of sp³-hybridized carbons (Fsp3) is 0.750. The van der Waals surface area contributed by atoms with Crippen molar-refractivity contribution in [2.45, 2.75) is 51.2 Å².